The Morgan fingerprint density at radius 2 is 1.69 bits per heavy atom. The lowest BCUT2D eigenvalue weighted by molar-refractivity contribution is -0.116. The summed E-state index contributed by atoms with van der Waals surface area (Å²) in [5.74, 6) is 2.09. The molecule has 0 spiro atoms. The van der Waals surface area contributed by atoms with Gasteiger partial charge in [0.25, 0.3) is 0 Å². The van der Waals surface area contributed by atoms with E-state index in [1.807, 2.05) is 18.2 Å². The number of aliphatic hydroxyl groups excluding tert-OH is 1. The average Bonchev–Trinajstić information content (AvgIpc) is 2.88. The van der Waals surface area contributed by atoms with Crippen molar-refractivity contribution in [3.8, 4) is 17.2 Å². The number of β-amino-alcohol motifs (C(OH)–C–C–N with tert-alkyl or cyclic N) is 1. The Morgan fingerprint density at radius 1 is 0.943 bits per heavy atom. The molecule has 1 amide bonds. The predicted molar refractivity (Wildman–Crippen MR) is 134 cm³/mol. The van der Waals surface area contributed by atoms with E-state index in [-0.39, 0.29) is 12.5 Å². The molecule has 1 unspecified atom stereocenters. The summed E-state index contributed by atoms with van der Waals surface area (Å²) in [6.45, 7) is 5.13. The second-order valence-corrected chi connectivity index (χ2v) is 8.76. The minimum atomic E-state index is -0.617. The molecule has 2 aliphatic heterocycles. The standard InChI is InChI=1S/C26H35N3O6/c1-32-15-16-34-24-9-8-23(22-7-10-25(31)27-26(22)24)35-18-20(30)17-28-11-13-29(14-12-28)19-3-5-21(33-2)6-4-19/h3-6,8-9,20,30H,7,10-18H2,1-2H3,(H,27,31). The number of nitrogens with one attached hydrogen (secondary N) is 1. The first-order valence-corrected chi connectivity index (χ1v) is 12.1. The Hall–Kier alpha value is -3.01. The molecule has 35 heavy (non-hydrogen) atoms. The van der Waals surface area contributed by atoms with Gasteiger partial charge in [-0.1, -0.05) is 0 Å². The topological polar surface area (TPSA) is 92.7 Å². The zero-order chi connectivity index (χ0) is 24.6. The summed E-state index contributed by atoms with van der Waals surface area (Å²) in [4.78, 5) is 16.6. The zero-order valence-corrected chi connectivity index (χ0v) is 20.5. The van der Waals surface area contributed by atoms with Crippen molar-refractivity contribution in [2.75, 3.05) is 77.0 Å². The third kappa shape index (κ3) is 6.56. The first kappa shape index (κ1) is 25.1. The Bertz CT molecular complexity index is 976. The Kier molecular flexibility index (Phi) is 8.68. The van der Waals surface area contributed by atoms with Crippen molar-refractivity contribution < 1.29 is 28.8 Å². The number of ether oxygens (including phenoxy) is 4. The molecule has 0 saturated carbocycles. The van der Waals surface area contributed by atoms with Crippen LogP contribution in [0.4, 0.5) is 11.4 Å². The fourth-order valence-electron chi connectivity index (χ4n) is 4.44. The van der Waals surface area contributed by atoms with Gasteiger partial charge in [0.2, 0.25) is 5.91 Å². The second-order valence-electron chi connectivity index (χ2n) is 8.76. The first-order valence-electron chi connectivity index (χ1n) is 12.1. The number of benzene rings is 2. The highest BCUT2D eigenvalue weighted by molar-refractivity contribution is 5.96. The normalized spacial score (nSPS) is 16.9. The van der Waals surface area contributed by atoms with Gasteiger partial charge in [-0.15, -0.1) is 0 Å². The van der Waals surface area contributed by atoms with Gasteiger partial charge < -0.3 is 34.3 Å². The Labute approximate surface area is 206 Å². The molecule has 190 valence electrons. The largest absolute Gasteiger partial charge is 0.497 e. The molecule has 2 heterocycles. The van der Waals surface area contributed by atoms with Crippen molar-refractivity contribution in [2.45, 2.75) is 18.9 Å². The highest BCUT2D eigenvalue weighted by Crippen LogP contribution is 2.39. The maximum absolute atomic E-state index is 12.0. The molecule has 1 fully saturated rings. The van der Waals surface area contributed by atoms with Crippen LogP contribution in [0.3, 0.4) is 0 Å². The fourth-order valence-corrected chi connectivity index (χ4v) is 4.44. The van der Waals surface area contributed by atoms with Gasteiger partial charge in [-0.3, -0.25) is 9.69 Å². The van der Waals surface area contributed by atoms with Crippen LogP contribution in [-0.2, 0) is 16.0 Å². The number of anilines is 2. The Balaban J connectivity index is 1.28. The zero-order valence-electron chi connectivity index (χ0n) is 20.5. The van der Waals surface area contributed by atoms with Gasteiger partial charge in [0.05, 0.1) is 19.4 Å². The van der Waals surface area contributed by atoms with E-state index in [0.29, 0.717) is 49.8 Å². The summed E-state index contributed by atoms with van der Waals surface area (Å²) in [7, 11) is 3.28. The summed E-state index contributed by atoms with van der Waals surface area (Å²) < 4.78 is 22.0. The van der Waals surface area contributed by atoms with Gasteiger partial charge in [0, 0.05) is 57.5 Å². The molecule has 0 aromatic heterocycles. The third-order valence-corrected chi connectivity index (χ3v) is 6.35. The average molecular weight is 486 g/mol. The van der Waals surface area contributed by atoms with Crippen molar-refractivity contribution in [2.24, 2.45) is 0 Å². The van der Waals surface area contributed by atoms with Crippen molar-refractivity contribution in [3.05, 3.63) is 42.0 Å². The fraction of sp³-hybridized carbons (Fsp3) is 0.500. The van der Waals surface area contributed by atoms with Crippen LogP contribution < -0.4 is 24.4 Å². The molecule has 4 rings (SSSR count). The number of carbonyl (C=O) groups excluding carboxylic acids is 1. The molecule has 2 N–H and O–H groups in total. The number of nitrogens with zero attached hydrogens (tertiary/aromatic N) is 2. The van der Waals surface area contributed by atoms with Crippen LogP contribution in [0.1, 0.15) is 12.0 Å². The van der Waals surface area contributed by atoms with Crippen molar-refractivity contribution in [3.63, 3.8) is 0 Å². The number of methoxy groups -OCH3 is 2. The highest BCUT2D eigenvalue weighted by Gasteiger charge is 2.24. The number of aliphatic hydroxyl groups is 1. The summed E-state index contributed by atoms with van der Waals surface area (Å²) in [6.07, 6.45) is 0.349. The number of piperazine rings is 1. The molecule has 0 bridgehead atoms. The second kappa shape index (κ2) is 12.1. The van der Waals surface area contributed by atoms with Crippen LogP contribution in [-0.4, -0.2) is 88.8 Å². The van der Waals surface area contributed by atoms with E-state index in [0.717, 1.165) is 37.5 Å². The number of hydrogen-bond acceptors (Lipinski definition) is 8. The number of hydrogen-bond donors (Lipinski definition) is 2. The number of fused-ring (bicyclic) bond motifs is 1. The van der Waals surface area contributed by atoms with E-state index >= 15 is 0 Å². The van der Waals surface area contributed by atoms with E-state index in [9.17, 15) is 9.90 Å². The summed E-state index contributed by atoms with van der Waals surface area (Å²) in [5, 5.41) is 13.6. The molecule has 9 nitrogen and oxygen atoms in total. The van der Waals surface area contributed by atoms with Gasteiger partial charge in [-0.25, -0.2) is 0 Å². The van der Waals surface area contributed by atoms with Gasteiger partial charge in [-0.05, 0) is 42.8 Å². The van der Waals surface area contributed by atoms with Crippen molar-refractivity contribution in [1.82, 2.24) is 4.90 Å². The summed E-state index contributed by atoms with van der Waals surface area (Å²) in [6, 6.07) is 11.7. The molecular formula is C26H35N3O6. The van der Waals surface area contributed by atoms with Crippen LogP contribution in [0.2, 0.25) is 0 Å². The predicted octanol–water partition coefficient (Wildman–Crippen LogP) is 2.17. The lowest BCUT2D eigenvalue weighted by Crippen LogP contribution is -2.49. The van der Waals surface area contributed by atoms with E-state index in [1.165, 1.54) is 5.69 Å². The van der Waals surface area contributed by atoms with Gasteiger partial charge in [-0.2, -0.15) is 0 Å². The molecule has 2 aromatic carbocycles. The quantitative estimate of drug-likeness (QED) is 0.468. The van der Waals surface area contributed by atoms with Gasteiger partial charge >= 0.3 is 0 Å². The smallest absolute Gasteiger partial charge is 0.224 e. The number of rotatable bonds is 11. The van der Waals surface area contributed by atoms with Gasteiger partial charge in [0.1, 0.15) is 36.6 Å². The lowest BCUT2D eigenvalue weighted by Gasteiger charge is -2.37. The molecule has 1 saturated heterocycles. The molecule has 0 aliphatic carbocycles. The van der Waals surface area contributed by atoms with Crippen molar-refractivity contribution in [1.29, 1.82) is 0 Å². The van der Waals surface area contributed by atoms with Crippen LogP contribution >= 0.6 is 0 Å². The first-order chi connectivity index (χ1) is 17.1. The van der Waals surface area contributed by atoms with E-state index in [4.69, 9.17) is 18.9 Å². The van der Waals surface area contributed by atoms with Gasteiger partial charge in [0.15, 0.2) is 0 Å². The molecule has 0 radical (unpaired) electrons. The summed E-state index contributed by atoms with van der Waals surface area (Å²) in [5.41, 5.74) is 2.74. The van der Waals surface area contributed by atoms with Crippen LogP contribution in [0, 0.1) is 0 Å². The van der Waals surface area contributed by atoms with E-state index < -0.39 is 6.10 Å². The van der Waals surface area contributed by atoms with Crippen LogP contribution in [0.15, 0.2) is 36.4 Å². The third-order valence-electron chi connectivity index (χ3n) is 6.35. The number of amides is 1. The molecule has 1 atom stereocenters. The van der Waals surface area contributed by atoms with Crippen LogP contribution in [0.5, 0.6) is 17.2 Å². The lowest BCUT2D eigenvalue weighted by atomic mass is 10.0. The van der Waals surface area contributed by atoms with Crippen molar-refractivity contribution >= 4 is 17.3 Å². The molecular weight excluding hydrogens is 450 g/mol. The Morgan fingerprint density at radius 3 is 2.40 bits per heavy atom. The maximum Gasteiger partial charge on any atom is 0.224 e. The monoisotopic (exact) mass is 485 g/mol. The molecule has 9 heteroatoms. The van der Waals surface area contributed by atoms with Crippen LogP contribution in [0.25, 0.3) is 0 Å². The maximum atomic E-state index is 12.0. The van der Waals surface area contributed by atoms with E-state index in [2.05, 4.69) is 27.2 Å². The minimum Gasteiger partial charge on any atom is -0.497 e. The summed E-state index contributed by atoms with van der Waals surface area (Å²) >= 11 is 0. The van der Waals surface area contributed by atoms with E-state index in [1.54, 1.807) is 20.3 Å². The molecule has 2 aromatic rings. The minimum absolute atomic E-state index is 0.0416. The SMILES string of the molecule is COCCOc1ccc(OCC(O)CN2CCN(c3ccc(OC)cc3)CC2)c2c1NC(=O)CC2. The molecule has 2 aliphatic rings. The highest BCUT2D eigenvalue weighted by atomic mass is 16.5. The number of carbonyl (C=O) groups is 1.